The highest BCUT2D eigenvalue weighted by Gasteiger charge is 2.16. The fourth-order valence-electron chi connectivity index (χ4n) is 2.52. The van der Waals surface area contributed by atoms with Crippen LogP contribution < -0.4 is 0 Å². The number of carbonyl (C=O) groups excluding carboxylic acids is 1. The highest BCUT2D eigenvalue weighted by molar-refractivity contribution is 7.99. The lowest BCUT2D eigenvalue weighted by Gasteiger charge is -2.14. The molecule has 2 heterocycles. The summed E-state index contributed by atoms with van der Waals surface area (Å²) < 4.78 is 13.2. The van der Waals surface area contributed by atoms with Crippen molar-refractivity contribution >= 4 is 45.2 Å². The average molecular weight is 405 g/mol. The number of rotatable bonds is 7. The molecule has 0 aliphatic rings. The quantitative estimate of drug-likeness (QED) is 0.478. The molecular weight excluding hydrogens is 389 g/mol. The number of aliphatic carboxylic acids is 1. The normalized spacial score (nSPS) is 10.9. The van der Waals surface area contributed by atoms with Crippen LogP contribution in [-0.2, 0) is 9.59 Å². The molecule has 140 valence electrons. The van der Waals surface area contributed by atoms with Gasteiger partial charge < -0.3 is 10.0 Å². The number of carboxylic acid groups (broad SMARTS) is 1. The molecule has 0 aliphatic heterocycles. The number of nitrogens with zero attached hydrogens (tertiary/aromatic N) is 3. The van der Waals surface area contributed by atoms with Gasteiger partial charge in [0.25, 0.3) is 0 Å². The summed E-state index contributed by atoms with van der Waals surface area (Å²) in [5, 5.41) is 12.3. The highest BCUT2D eigenvalue weighted by atomic mass is 32.2. The van der Waals surface area contributed by atoms with Crippen molar-refractivity contribution in [1.82, 2.24) is 14.9 Å². The van der Waals surface area contributed by atoms with E-state index in [0.29, 0.717) is 5.75 Å². The zero-order valence-electron chi connectivity index (χ0n) is 14.4. The molecular formula is C18H16FN3O3S2. The summed E-state index contributed by atoms with van der Waals surface area (Å²) in [4.78, 5) is 33.3. The topological polar surface area (TPSA) is 83.4 Å². The third-order valence-electron chi connectivity index (χ3n) is 3.84. The monoisotopic (exact) mass is 405 g/mol. The SMILES string of the molecule is CN(CC(=O)O)C(=O)CCSc1ncnc2scc(-c3ccc(F)cc3)c12. The summed E-state index contributed by atoms with van der Waals surface area (Å²) in [5.41, 5.74) is 1.80. The molecule has 3 aromatic rings. The summed E-state index contributed by atoms with van der Waals surface area (Å²) in [6, 6.07) is 6.24. The highest BCUT2D eigenvalue weighted by Crippen LogP contribution is 2.37. The van der Waals surface area contributed by atoms with Crippen molar-refractivity contribution in [3.05, 3.63) is 41.8 Å². The predicted molar refractivity (Wildman–Crippen MR) is 103 cm³/mol. The standard InChI is InChI=1S/C18H16FN3O3S2/c1-22(8-15(24)25)14(23)6-7-26-17-16-13(9-27-18(16)21-10-20-17)11-2-4-12(19)5-3-11/h2-5,9-10H,6-8H2,1H3,(H,24,25). The molecule has 1 amide bonds. The summed E-state index contributed by atoms with van der Waals surface area (Å²) in [6.07, 6.45) is 1.68. The Balaban J connectivity index is 1.77. The maximum absolute atomic E-state index is 13.2. The molecule has 0 unspecified atom stereocenters. The first-order valence-electron chi connectivity index (χ1n) is 8.02. The number of benzene rings is 1. The van der Waals surface area contributed by atoms with Crippen molar-refractivity contribution < 1.29 is 19.1 Å². The van der Waals surface area contributed by atoms with Crippen LogP contribution in [0.1, 0.15) is 6.42 Å². The lowest BCUT2D eigenvalue weighted by atomic mass is 10.1. The van der Waals surface area contributed by atoms with E-state index in [1.165, 1.54) is 53.5 Å². The third-order valence-corrected chi connectivity index (χ3v) is 5.72. The Kier molecular flexibility index (Phi) is 6.02. The number of carbonyl (C=O) groups is 2. The Labute approximate surface area is 163 Å². The minimum atomic E-state index is -1.04. The van der Waals surface area contributed by atoms with Gasteiger partial charge in [0, 0.05) is 30.2 Å². The van der Waals surface area contributed by atoms with E-state index in [1.807, 2.05) is 5.38 Å². The number of fused-ring (bicyclic) bond motifs is 1. The molecule has 3 rings (SSSR count). The van der Waals surface area contributed by atoms with Crippen molar-refractivity contribution in [1.29, 1.82) is 0 Å². The van der Waals surface area contributed by atoms with Gasteiger partial charge in [0.2, 0.25) is 5.91 Å². The summed E-state index contributed by atoms with van der Waals surface area (Å²) in [6.45, 7) is -0.319. The number of likely N-dealkylation sites (N-methyl/N-ethyl adjacent to an activating group) is 1. The van der Waals surface area contributed by atoms with E-state index in [2.05, 4.69) is 9.97 Å². The third kappa shape index (κ3) is 4.61. The first kappa shape index (κ1) is 19.2. The van der Waals surface area contributed by atoms with Crippen molar-refractivity contribution in [2.75, 3.05) is 19.3 Å². The molecule has 9 heteroatoms. The van der Waals surface area contributed by atoms with Crippen molar-refractivity contribution in [2.45, 2.75) is 11.4 Å². The van der Waals surface area contributed by atoms with Gasteiger partial charge in [-0.15, -0.1) is 23.1 Å². The number of hydrogen-bond acceptors (Lipinski definition) is 6. The molecule has 0 fully saturated rings. The molecule has 0 aliphatic carbocycles. The molecule has 6 nitrogen and oxygen atoms in total. The Hall–Kier alpha value is -2.52. The van der Waals surface area contributed by atoms with Gasteiger partial charge >= 0.3 is 5.97 Å². The van der Waals surface area contributed by atoms with Crippen LogP contribution in [0.4, 0.5) is 4.39 Å². The van der Waals surface area contributed by atoms with Crippen LogP contribution in [0.15, 0.2) is 41.0 Å². The number of amides is 1. The van der Waals surface area contributed by atoms with Crippen molar-refractivity contribution in [3.63, 3.8) is 0 Å². The molecule has 0 saturated carbocycles. The molecule has 0 radical (unpaired) electrons. The van der Waals surface area contributed by atoms with Crippen molar-refractivity contribution in [2.24, 2.45) is 0 Å². The number of halogens is 1. The van der Waals surface area contributed by atoms with Crippen LogP contribution in [0.25, 0.3) is 21.3 Å². The van der Waals surface area contributed by atoms with Crippen LogP contribution in [0, 0.1) is 5.82 Å². The van der Waals surface area contributed by atoms with Gasteiger partial charge in [-0.25, -0.2) is 14.4 Å². The maximum atomic E-state index is 13.2. The molecule has 1 N–H and O–H groups in total. The second-order valence-corrected chi connectivity index (χ2v) is 7.70. The van der Waals surface area contributed by atoms with Crippen LogP contribution >= 0.6 is 23.1 Å². The Morgan fingerprint density at radius 3 is 2.70 bits per heavy atom. The second-order valence-electron chi connectivity index (χ2n) is 5.76. The van der Waals surface area contributed by atoms with E-state index >= 15 is 0 Å². The largest absolute Gasteiger partial charge is 0.480 e. The number of hydrogen-bond donors (Lipinski definition) is 1. The van der Waals surface area contributed by atoms with Gasteiger partial charge in [-0.05, 0) is 17.7 Å². The predicted octanol–water partition coefficient (Wildman–Crippen LogP) is 3.52. The molecule has 0 spiro atoms. The average Bonchev–Trinajstić information content (AvgIpc) is 3.06. The minimum Gasteiger partial charge on any atom is -0.480 e. The zero-order valence-corrected chi connectivity index (χ0v) is 16.0. The fourth-order valence-corrected chi connectivity index (χ4v) is 4.44. The minimum absolute atomic E-state index is 0.204. The zero-order chi connectivity index (χ0) is 19.4. The van der Waals surface area contributed by atoms with Crippen LogP contribution in [0.5, 0.6) is 0 Å². The molecule has 0 saturated heterocycles. The molecule has 0 bridgehead atoms. The Bertz CT molecular complexity index is 976. The smallest absolute Gasteiger partial charge is 0.323 e. The lowest BCUT2D eigenvalue weighted by molar-refractivity contribution is -0.143. The van der Waals surface area contributed by atoms with E-state index in [-0.39, 0.29) is 24.7 Å². The van der Waals surface area contributed by atoms with E-state index < -0.39 is 5.97 Å². The molecule has 1 aromatic carbocycles. The van der Waals surface area contributed by atoms with Crippen molar-refractivity contribution in [3.8, 4) is 11.1 Å². The second kappa shape index (κ2) is 8.45. The first-order chi connectivity index (χ1) is 13.0. The molecule has 2 aromatic heterocycles. The number of aromatic nitrogens is 2. The molecule has 0 atom stereocenters. The lowest BCUT2D eigenvalue weighted by Crippen LogP contribution is -2.32. The van der Waals surface area contributed by atoms with Crippen LogP contribution in [0.3, 0.4) is 0 Å². The number of carboxylic acids is 1. The van der Waals surface area contributed by atoms with E-state index in [0.717, 1.165) is 26.4 Å². The van der Waals surface area contributed by atoms with Crippen LogP contribution in [0.2, 0.25) is 0 Å². The number of thioether (sulfide) groups is 1. The fraction of sp³-hybridized carbons (Fsp3) is 0.222. The van der Waals surface area contributed by atoms with Gasteiger partial charge in [-0.3, -0.25) is 9.59 Å². The van der Waals surface area contributed by atoms with Gasteiger partial charge in [0.15, 0.2) is 0 Å². The van der Waals surface area contributed by atoms with Gasteiger partial charge in [0.05, 0.1) is 5.39 Å². The van der Waals surface area contributed by atoms with Gasteiger partial charge in [0.1, 0.15) is 28.5 Å². The summed E-state index contributed by atoms with van der Waals surface area (Å²) in [7, 11) is 1.47. The molecule has 27 heavy (non-hydrogen) atoms. The Morgan fingerprint density at radius 1 is 1.26 bits per heavy atom. The summed E-state index contributed by atoms with van der Waals surface area (Å²) in [5.74, 6) is -1.11. The van der Waals surface area contributed by atoms with Gasteiger partial charge in [-0.1, -0.05) is 12.1 Å². The number of thiophene rings is 1. The van der Waals surface area contributed by atoms with E-state index in [4.69, 9.17) is 5.11 Å². The van der Waals surface area contributed by atoms with E-state index in [1.54, 1.807) is 12.1 Å². The summed E-state index contributed by atoms with van der Waals surface area (Å²) >= 11 is 2.90. The van der Waals surface area contributed by atoms with Crippen LogP contribution in [-0.4, -0.2) is 51.2 Å². The maximum Gasteiger partial charge on any atom is 0.323 e. The van der Waals surface area contributed by atoms with E-state index in [9.17, 15) is 14.0 Å². The first-order valence-corrected chi connectivity index (χ1v) is 9.89. The Morgan fingerprint density at radius 2 is 2.00 bits per heavy atom. The van der Waals surface area contributed by atoms with Gasteiger partial charge in [-0.2, -0.15) is 0 Å².